The Balaban J connectivity index is 1.63. The molecule has 3 rings (SSSR count). The molecule has 26 heavy (non-hydrogen) atoms. The number of nitrogens with one attached hydrogen (secondary N) is 2. The minimum atomic E-state index is -0.442. The van der Waals surface area contributed by atoms with E-state index in [-0.39, 0.29) is 23.6 Å². The zero-order valence-corrected chi connectivity index (χ0v) is 15.2. The minimum Gasteiger partial charge on any atom is -0.454 e. The lowest BCUT2D eigenvalue weighted by Gasteiger charge is -2.28. The van der Waals surface area contributed by atoms with E-state index in [4.69, 9.17) is 4.74 Å². The largest absolute Gasteiger partial charge is 0.454 e. The summed E-state index contributed by atoms with van der Waals surface area (Å²) in [5.41, 5.74) is 0.721. The first-order chi connectivity index (χ1) is 12.5. The van der Waals surface area contributed by atoms with Gasteiger partial charge in [0, 0.05) is 12.0 Å². The van der Waals surface area contributed by atoms with Gasteiger partial charge in [-0.25, -0.2) is 4.39 Å². The Labute approximate surface area is 153 Å². The Bertz CT molecular complexity index is 751. The number of piperidine rings is 1. The number of benzene rings is 2. The summed E-state index contributed by atoms with van der Waals surface area (Å²) in [7, 11) is 0. The summed E-state index contributed by atoms with van der Waals surface area (Å²) in [5, 5.41) is 6.35. The zero-order valence-electron chi connectivity index (χ0n) is 15.2. The summed E-state index contributed by atoms with van der Waals surface area (Å²) in [5.74, 6) is 0.365. The quantitative estimate of drug-likeness (QED) is 0.845. The second kappa shape index (κ2) is 8.32. The molecule has 2 N–H and O–H groups in total. The molecule has 1 fully saturated rings. The van der Waals surface area contributed by atoms with E-state index in [2.05, 4.69) is 17.6 Å². The first-order valence-electron chi connectivity index (χ1n) is 9.09. The van der Waals surface area contributed by atoms with Crippen LogP contribution in [0.25, 0.3) is 0 Å². The first-order valence-corrected chi connectivity index (χ1v) is 9.09. The normalized spacial score (nSPS) is 21.0. The third-order valence-corrected chi connectivity index (χ3v) is 4.78. The van der Waals surface area contributed by atoms with Crippen LogP contribution in [0, 0.1) is 11.7 Å². The molecule has 1 saturated heterocycles. The van der Waals surface area contributed by atoms with Crippen LogP contribution < -0.4 is 15.4 Å². The highest BCUT2D eigenvalue weighted by atomic mass is 19.1. The maximum Gasteiger partial charge on any atom is 0.223 e. The number of para-hydroxylation sites is 1. The third-order valence-electron chi connectivity index (χ3n) is 4.78. The van der Waals surface area contributed by atoms with E-state index in [0.29, 0.717) is 11.8 Å². The zero-order chi connectivity index (χ0) is 18.5. The number of rotatable bonds is 5. The van der Waals surface area contributed by atoms with Gasteiger partial charge in [0.15, 0.2) is 11.6 Å². The fourth-order valence-corrected chi connectivity index (χ4v) is 3.27. The van der Waals surface area contributed by atoms with Gasteiger partial charge < -0.3 is 15.4 Å². The van der Waals surface area contributed by atoms with Crippen LogP contribution in [0.1, 0.15) is 38.3 Å². The van der Waals surface area contributed by atoms with Crippen molar-refractivity contribution in [2.24, 2.45) is 5.92 Å². The van der Waals surface area contributed by atoms with Gasteiger partial charge in [0.1, 0.15) is 5.75 Å². The molecule has 1 aliphatic rings. The van der Waals surface area contributed by atoms with Gasteiger partial charge in [-0.05, 0) is 63.1 Å². The third kappa shape index (κ3) is 4.61. The second-order valence-corrected chi connectivity index (χ2v) is 6.91. The maximum atomic E-state index is 14.4. The molecule has 1 amide bonds. The topological polar surface area (TPSA) is 50.4 Å². The highest BCUT2D eigenvalue weighted by Gasteiger charge is 2.25. The molecule has 0 saturated carbocycles. The summed E-state index contributed by atoms with van der Waals surface area (Å²) in [6.45, 7) is 4.81. The number of hydrogen-bond acceptors (Lipinski definition) is 3. The molecule has 0 aliphatic carbocycles. The van der Waals surface area contributed by atoms with Crippen molar-refractivity contribution >= 4 is 5.91 Å². The van der Waals surface area contributed by atoms with Gasteiger partial charge >= 0.3 is 0 Å². The Morgan fingerprint density at radius 1 is 1.27 bits per heavy atom. The van der Waals surface area contributed by atoms with Crippen molar-refractivity contribution in [3.8, 4) is 11.5 Å². The summed E-state index contributed by atoms with van der Waals surface area (Å²) in [4.78, 5) is 12.5. The molecule has 0 spiro atoms. The standard InChI is InChI=1S/C21H25FN2O2/c1-14-12-17(10-11-23-14)21(25)24-15(2)16-8-9-20(19(22)13-16)26-18-6-4-3-5-7-18/h3-9,13-15,17,23H,10-12H2,1-2H3,(H,24,25)/t14-,15?,17-/m0/s1. The molecule has 2 aromatic rings. The van der Waals surface area contributed by atoms with Crippen LogP contribution >= 0.6 is 0 Å². The van der Waals surface area contributed by atoms with Crippen LogP contribution in [0.5, 0.6) is 11.5 Å². The van der Waals surface area contributed by atoms with E-state index < -0.39 is 5.82 Å². The molecule has 2 aromatic carbocycles. The Hall–Kier alpha value is -2.40. The lowest BCUT2D eigenvalue weighted by atomic mass is 9.92. The van der Waals surface area contributed by atoms with Gasteiger partial charge in [-0.15, -0.1) is 0 Å². The summed E-state index contributed by atoms with van der Waals surface area (Å²) < 4.78 is 20.0. The summed E-state index contributed by atoms with van der Waals surface area (Å²) >= 11 is 0. The van der Waals surface area contributed by atoms with Crippen molar-refractivity contribution in [2.75, 3.05) is 6.54 Å². The molecule has 5 heteroatoms. The van der Waals surface area contributed by atoms with E-state index in [1.807, 2.05) is 25.1 Å². The molecule has 4 nitrogen and oxygen atoms in total. The predicted octanol–water partition coefficient (Wildman–Crippen LogP) is 4.18. The van der Waals surface area contributed by atoms with Gasteiger partial charge in [0.05, 0.1) is 6.04 Å². The molecule has 3 atom stereocenters. The number of hydrogen-bond donors (Lipinski definition) is 2. The van der Waals surface area contributed by atoms with Crippen molar-refractivity contribution in [3.63, 3.8) is 0 Å². The van der Waals surface area contributed by atoms with Crippen molar-refractivity contribution in [3.05, 3.63) is 59.9 Å². The fourth-order valence-electron chi connectivity index (χ4n) is 3.27. The predicted molar refractivity (Wildman–Crippen MR) is 99.7 cm³/mol. The Kier molecular flexibility index (Phi) is 5.89. The average Bonchev–Trinajstić information content (AvgIpc) is 2.64. The Morgan fingerprint density at radius 3 is 2.73 bits per heavy atom. The maximum absolute atomic E-state index is 14.4. The van der Waals surface area contributed by atoms with Crippen LogP contribution in [-0.4, -0.2) is 18.5 Å². The number of halogens is 1. The summed E-state index contributed by atoms with van der Waals surface area (Å²) in [6.07, 6.45) is 1.66. The van der Waals surface area contributed by atoms with Crippen LogP contribution in [0.15, 0.2) is 48.5 Å². The van der Waals surface area contributed by atoms with E-state index in [1.165, 1.54) is 6.07 Å². The summed E-state index contributed by atoms with van der Waals surface area (Å²) in [6, 6.07) is 14.0. The molecule has 0 aromatic heterocycles. The molecule has 1 aliphatic heterocycles. The monoisotopic (exact) mass is 356 g/mol. The fraction of sp³-hybridized carbons (Fsp3) is 0.381. The molecule has 1 heterocycles. The molecule has 1 unspecified atom stereocenters. The minimum absolute atomic E-state index is 0.0132. The van der Waals surface area contributed by atoms with Crippen molar-refractivity contribution < 1.29 is 13.9 Å². The smallest absolute Gasteiger partial charge is 0.223 e. The van der Waals surface area contributed by atoms with Crippen molar-refractivity contribution in [1.29, 1.82) is 0 Å². The molecular formula is C21H25FN2O2. The first kappa shape index (κ1) is 18.4. The van der Waals surface area contributed by atoms with Crippen LogP contribution in [-0.2, 0) is 4.79 Å². The SMILES string of the molecule is CC(NC(=O)[C@H]1CCN[C@@H](C)C1)c1ccc(Oc2ccccc2)c(F)c1. The number of carbonyl (C=O) groups is 1. The average molecular weight is 356 g/mol. The highest BCUT2D eigenvalue weighted by Crippen LogP contribution is 2.27. The number of ether oxygens (including phenoxy) is 1. The molecule has 0 bridgehead atoms. The van der Waals surface area contributed by atoms with Gasteiger partial charge in [-0.1, -0.05) is 24.3 Å². The van der Waals surface area contributed by atoms with Gasteiger partial charge in [0.2, 0.25) is 5.91 Å². The van der Waals surface area contributed by atoms with Crippen LogP contribution in [0.4, 0.5) is 4.39 Å². The van der Waals surface area contributed by atoms with E-state index in [0.717, 1.165) is 24.9 Å². The van der Waals surface area contributed by atoms with Gasteiger partial charge in [-0.3, -0.25) is 4.79 Å². The van der Waals surface area contributed by atoms with Gasteiger partial charge in [-0.2, -0.15) is 0 Å². The van der Waals surface area contributed by atoms with Crippen molar-refractivity contribution in [2.45, 2.75) is 38.8 Å². The molecule has 0 radical (unpaired) electrons. The lowest BCUT2D eigenvalue weighted by molar-refractivity contribution is -0.126. The Morgan fingerprint density at radius 2 is 2.04 bits per heavy atom. The van der Waals surface area contributed by atoms with Crippen molar-refractivity contribution in [1.82, 2.24) is 10.6 Å². The van der Waals surface area contributed by atoms with E-state index in [1.54, 1.807) is 24.3 Å². The molecular weight excluding hydrogens is 331 g/mol. The number of carbonyl (C=O) groups excluding carboxylic acids is 1. The second-order valence-electron chi connectivity index (χ2n) is 6.91. The van der Waals surface area contributed by atoms with Crippen LogP contribution in [0.2, 0.25) is 0 Å². The van der Waals surface area contributed by atoms with E-state index in [9.17, 15) is 9.18 Å². The van der Waals surface area contributed by atoms with Gasteiger partial charge in [0.25, 0.3) is 0 Å². The molecule has 138 valence electrons. The highest BCUT2D eigenvalue weighted by molar-refractivity contribution is 5.79. The lowest BCUT2D eigenvalue weighted by Crippen LogP contribution is -2.42. The van der Waals surface area contributed by atoms with E-state index >= 15 is 0 Å². The van der Waals surface area contributed by atoms with Crippen LogP contribution in [0.3, 0.4) is 0 Å². The number of amides is 1.